The summed E-state index contributed by atoms with van der Waals surface area (Å²) in [5, 5.41) is 8.13. The van der Waals surface area contributed by atoms with Crippen molar-refractivity contribution in [1.29, 1.82) is 0 Å². The highest BCUT2D eigenvalue weighted by atomic mass is 32.1. The molecule has 0 fully saturated rings. The van der Waals surface area contributed by atoms with Crippen LogP contribution in [0.15, 0.2) is 41.2 Å². The number of nitrogens with zero attached hydrogens (tertiary/aromatic N) is 3. The van der Waals surface area contributed by atoms with Gasteiger partial charge >= 0.3 is 0 Å². The predicted octanol–water partition coefficient (Wildman–Crippen LogP) is 2.54. The van der Waals surface area contributed by atoms with E-state index in [1.807, 2.05) is 26.0 Å². The van der Waals surface area contributed by atoms with Gasteiger partial charge in [-0.2, -0.15) is 5.10 Å². The fourth-order valence-electron chi connectivity index (χ4n) is 3.03. The molecule has 3 aromatic rings. The maximum absolute atomic E-state index is 12.1. The summed E-state index contributed by atoms with van der Waals surface area (Å²) in [7, 11) is 0. The van der Waals surface area contributed by atoms with E-state index in [-0.39, 0.29) is 31.3 Å². The lowest BCUT2D eigenvalue weighted by molar-refractivity contribution is -0.116. The number of aromatic nitrogens is 3. The summed E-state index contributed by atoms with van der Waals surface area (Å²) in [4.78, 5) is 29.5. The Kier molecular flexibility index (Phi) is 5.62. The van der Waals surface area contributed by atoms with Gasteiger partial charge in [-0.25, -0.2) is 9.67 Å². The quantitative estimate of drug-likeness (QED) is 0.611. The van der Waals surface area contributed by atoms with Gasteiger partial charge in [0, 0.05) is 18.7 Å². The fourth-order valence-corrected chi connectivity index (χ4v) is 3.92. The lowest BCUT2D eigenvalue weighted by Crippen LogP contribution is -2.31. The number of nitrogens with one attached hydrogen (secondary N) is 1. The summed E-state index contributed by atoms with van der Waals surface area (Å²) in [6.07, 6.45) is 3.13. The Labute approximate surface area is 176 Å². The molecule has 30 heavy (non-hydrogen) atoms. The van der Waals surface area contributed by atoms with Crippen molar-refractivity contribution in [2.24, 2.45) is 0 Å². The molecule has 1 aliphatic rings. The van der Waals surface area contributed by atoms with Crippen molar-refractivity contribution < 1.29 is 14.3 Å². The number of fused-ring (bicyclic) bond motifs is 1. The van der Waals surface area contributed by atoms with E-state index in [9.17, 15) is 9.59 Å². The van der Waals surface area contributed by atoms with Gasteiger partial charge < -0.3 is 14.8 Å². The summed E-state index contributed by atoms with van der Waals surface area (Å²) < 4.78 is 11.9. The smallest absolute Gasteiger partial charge is 0.266 e. The van der Waals surface area contributed by atoms with E-state index in [2.05, 4.69) is 15.4 Å². The zero-order valence-corrected chi connectivity index (χ0v) is 17.4. The van der Waals surface area contributed by atoms with Crippen LogP contribution in [0.25, 0.3) is 16.6 Å². The van der Waals surface area contributed by atoms with Crippen LogP contribution in [0.1, 0.15) is 16.3 Å². The molecule has 0 bridgehead atoms. The van der Waals surface area contributed by atoms with Crippen molar-refractivity contribution in [2.45, 2.75) is 20.4 Å². The molecular formula is C21H20N4O4S. The molecule has 0 saturated heterocycles. The number of rotatable bonds is 6. The normalized spacial score (nSPS) is 12.5. The van der Waals surface area contributed by atoms with E-state index < -0.39 is 0 Å². The molecule has 9 heteroatoms. The van der Waals surface area contributed by atoms with E-state index in [0.717, 1.165) is 21.1 Å². The van der Waals surface area contributed by atoms with Gasteiger partial charge in [0.25, 0.3) is 5.56 Å². The highest BCUT2D eigenvalue weighted by Gasteiger charge is 2.13. The van der Waals surface area contributed by atoms with Crippen molar-refractivity contribution in [3.8, 4) is 22.1 Å². The molecule has 154 valence electrons. The van der Waals surface area contributed by atoms with E-state index in [4.69, 9.17) is 9.47 Å². The zero-order valence-electron chi connectivity index (χ0n) is 16.5. The second-order valence-corrected chi connectivity index (χ2v) is 7.87. The summed E-state index contributed by atoms with van der Waals surface area (Å²) in [5.74, 6) is 1.10. The van der Waals surface area contributed by atoms with E-state index in [1.54, 1.807) is 18.2 Å². The first kappa shape index (κ1) is 19.8. The fraction of sp³-hybridized carbons (Fsp3) is 0.238. The van der Waals surface area contributed by atoms with Gasteiger partial charge in [0.15, 0.2) is 11.5 Å². The number of carbonyl (C=O) groups excluding carboxylic acids is 1. The molecule has 1 aromatic carbocycles. The number of carbonyl (C=O) groups is 1. The maximum Gasteiger partial charge on any atom is 0.266 e. The summed E-state index contributed by atoms with van der Waals surface area (Å²) in [6, 6.07) is 8.64. The molecule has 0 atom stereocenters. The van der Waals surface area contributed by atoms with Crippen LogP contribution in [0, 0.1) is 13.8 Å². The Morgan fingerprint density at radius 3 is 2.87 bits per heavy atom. The Morgan fingerprint density at radius 1 is 1.23 bits per heavy atom. The number of hydrogen-bond acceptors (Lipinski definition) is 7. The van der Waals surface area contributed by atoms with E-state index in [1.165, 1.54) is 28.2 Å². The molecule has 3 heterocycles. The molecule has 0 saturated carbocycles. The molecule has 0 spiro atoms. The number of thiazole rings is 1. The number of benzene rings is 1. The molecule has 1 aliphatic heterocycles. The lowest BCUT2D eigenvalue weighted by atomic mass is 10.2. The van der Waals surface area contributed by atoms with Crippen molar-refractivity contribution >= 4 is 23.3 Å². The minimum atomic E-state index is -0.259. The third-order valence-corrected chi connectivity index (χ3v) is 5.54. The third kappa shape index (κ3) is 4.41. The van der Waals surface area contributed by atoms with Crippen molar-refractivity contribution in [3.05, 3.63) is 63.0 Å². The van der Waals surface area contributed by atoms with Gasteiger partial charge in [-0.3, -0.25) is 9.59 Å². The SMILES string of the molecule is Cc1nc(C)c(-c2ccc(=O)n(CCNC(=O)/C=C\c3ccc4c(c3)OCO4)n2)s1. The molecule has 4 rings (SSSR count). The van der Waals surface area contributed by atoms with Crippen LogP contribution in [-0.4, -0.2) is 34.0 Å². The van der Waals surface area contributed by atoms with Crippen LogP contribution in [0.4, 0.5) is 0 Å². The molecule has 2 aromatic heterocycles. The van der Waals surface area contributed by atoms with Crippen LogP contribution in [0.3, 0.4) is 0 Å². The Balaban J connectivity index is 1.36. The number of ether oxygens (including phenoxy) is 2. The van der Waals surface area contributed by atoms with E-state index in [0.29, 0.717) is 17.2 Å². The molecule has 1 amide bonds. The maximum atomic E-state index is 12.1. The molecule has 8 nitrogen and oxygen atoms in total. The van der Waals surface area contributed by atoms with Crippen LogP contribution in [0.5, 0.6) is 11.5 Å². The highest BCUT2D eigenvalue weighted by Crippen LogP contribution is 2.32. The monoisotopic (exact) mass is 424 g/mol. The van der Waals surface area contributed by atoms with Crippen molar-refractivity contribution in [1.82, 2.24) is 20.1 Å². The molecule has 0 unspecified atom stereocenters. The zero-order chi connectivity index (χ0) is 21.1. The first-order chi connectivity index (χ1) is 14.5. The number of hydrogen-bond donors (Lipinski definition) is 1. The van der Waals surface area contributed by atoms with Crippen LogP contribution in [-0.2, 0) is 11.3 Å². The van der Waals surface area contributed by atoms with Crippen LogP contribution in [0.2, 0.25) is 0 Å². The second-order valence-electron chi connectivity index (χ2n) is 6.66. The third-order valence-electron chi connectivity index (χ3n) is 4.45. The van der Waals surface area contributed by atoms with Gasteiger partial charge in [-0.05, 0) is 43.7 Å². The van der Waals surface area contributed by atoms with Crippen molar-refractivity contribution in [2.75, 3.05) is 13.3 Å². The van der Waals surface area contributed by atoms with Gasteiger partial charge in [0.1, 0.15) is 5.69 Å². The van der Waals surface area contributed by atoms with Crippen LogP contribution >= 0.6 is 11.3 Å². The van der Waals surface area contributed by atoms with Gasteiger partial charge in [-0.15, -0.1) is 11.3 Å². The first-order valence-electron chi connectivity index (χ1n) is 9.38. The van der Waals surface area contributed by atoms with Crippen LogP contribution < -0.4 is 20.3 Å². The summed E-state index contributed by atoms with van der Waals surface area (Å²) in [6.45, 7) is 4.61. The first-order valence-corrected chi connectivity index (χ1v) is 10.2. The molecule has 0 radical (unpaired) electrons. The van der Waals surface area contributed by atoms with Gasteiger partial charge in [-0.1, -0.05) is 6.07 Å². The Morgan fingerprint density at radius 2 is 2.07 bits per heavy atom. The topological polar surface area (TPSA) is 95.3 Å². The Hall–Kier alpha value is -3.46. The van der Waals surface area contributed by atoms with Gasteiger partial charge in [0.05, 0.1) is 22.1 Å². The lowest BCUT2D eigenvalue weighted by Gasteiger charge is -2.07. The molecule has 0 aliphatic carbocycles. The van der Waals surface area contributed by atoms with E-state index >= 15 is 0 Å². The highest BCUT2D eigenvalue weighted by molar-refractivity contribution is 7.15. The summed E-state index contributed by atoms with van der Waals surface area (Å²) >= 11 is 1.54. The Bertz CT molecular complexity index is 1180. The van der Waals surface area contributed by atoms with Gasteiger partial charge in [0.2, 0.25) is 12.7 Å². The summed E-state index contributed by atoms with van der Waals surface area (Å²) in [5.41, 5.74) is 2.20. The number of aryl methyl sites for hydroxylation is 2. The number of amides is 1. The molecule has 1 N–H and O–H groups in total. The molecular weight excluding hydrogens is 404 g/mol. The van der Waals surface area contributed by atoms with Crippen molar-refractivity contribution in [3.63, 3.8) is 0 Å². The minimum Gasteiger partial charge on any atom is -0.454 e. The standard InChI is InChI=1S/C21H20N4O4S/c1-13-21(30-14(2)23-13)16-5-8-20(27)25(24-16)10-9-22-19(26)7-4-15-3-6-17-18(11-15)29-12-28-17/h3-8,11H,9-10,12H2,1-2H3,(H,22,26)/b7-4-. The average Bonchev–Trinajstić information content (AvgIpc) is 3.33. The predicted molar refractivity (Wildman–Crippen MR) is 114 cm³/mol. The minimum absolute atomic E-state index is 0.208. The average molecular weight is 424 g/mol. The largest absolute Gasteiger partial charge is 0.454 e. The second kappa shape index (κ2) is 8.50.